The zero-order valence-corrected chi connectivity index (χ0v) is 15.7. The van der Waals surface area contributed by atoms with Crippen molar-refractivity contribution >= 4 is 22.8 Å². The van der Waals surface area contributed by atoms with Crippen LogP contribution in [0.5, 0.6) is 0 Å². The second-order valence-electron chi connectivity index (χ2n) is 6.86. The number of hydrogen-bond acceptors (Lipinski definition) is 5. The molecule has 8 heteroatoms. The minimum Gasteiger partial charge on any atom is -0.378 e. The molecule has 0 aromatic carbocycles. The van der Waals surface area contributed by atoms with Gasteiger partial charge in [-0.25, -0.2) is 9.67 Å². The lowest BCUT2D eigenvalue weighted by Crippen LogP contribution is -2.50. The van der Waals surface area contributed by atoms with Crippen molar-refractivity contribution in [2.75, 3.05) is 26.3 Å². The number of morpholine rings is 1. The maximum absolute atomic E-state index is 12.8. The van der Waals surface area contributed by atoms with E-state index in [0.717, 1.165) is 5.69 Å². The maximum atomic E-state index is 12.8. The van der Waals surface area contributed by atoms with Crippen molar-refractivity contribution in [3.63, 3.8) is 0 Å². The highest BCUT2D eigenvalue weighted by Crippen LogP contribution is 2.21. The second-order valence-corrected chi connectivity index (χ2v) is 6.86. The summed E-state index contributed by atoms with van der Waals surface area (Å²) in [7, 11) is 0. The standard InChI is InChI=1S/C18H25N5O3/c1-11(2)23-16-15(10-19-23)14(9-12(3)20-16)17(24)21-13(4)18(25)22-5-7-26-8-6-22/h9-11,13H,5-8H2,1-4H3,(H,21,24). The second kappa shape index (κ2) is 7.41. The van der Waals surface area contributed by atoms with Gasteiger partial charge in [-0.05, 0) is 33.8 Å². The number of nitrogens with one attached hydrogen (secondary N) is 1. The van der Waals surface area contributed by atoms with Gasteiger partial charge in [0.25, 0.3) is 5.91 Å². The summed E-state index contributed by atoms with van der Waals surface area (Å²) in [5, 5.41) is 7.85. The zero-order chi connectivity index (χ0) is 18.8. The monoisotopic (exact) mass is 359 g/mol. The van der Waals surface area contributed by atoms with Crippen LogP contribution in [0.3, 0.4) is 0 Å². The molecule has 8 nitrogen and oxygen atoms in total. The van der Waals surface area contributed by atoms with Crippen molar-refractivity contribution in [2.45, 2.75) is 39.8 Å². The summed E-state index contributed by atoms with van der Waals surface area (Å²) >= 11 is 0. The Morgan fingerprint density at radius 2 is 1.92 bits per heavy atom. The first-order chi connectivity index (χ1) is 12.4. The Morgan fingerprint density at radius 1 is 1.23 bits per heavy atom. The molecule has 0 saturated carbocycles. The molecule has 0 spiro atoms. The highest BCUT2D eigenvalue weighted by Gasteiger charge is 2.25. The van der Waals surface area contributed by atoms with Crippen molar-refractivity contribution in [1.82, 2.24) is 25.0 Å². The van der Waals surface area contributed by atoms with E-state index >= 15 is 0 Å². The Hall–Kier alpha value is -2.48. The van der Waals surface area contributed by atoms with Crippen LogP contribution < -0.4 is 5.32 Å². The van der Waals surface area contributed by atoms with Gasteiger partial charge in [0.1, 0.15) is 6.04 Å². The number of carbonyl (C=O) groups excluding carboxylic acids is 2. The largest absolute Gasteiger partial charge is 0.378 e. The number of ether oxygens (including phenoxy) is 1. The maximum Gasteiger partial charge on any atom is 0.252 e. The number of aromatic nitrogens is 3. The van der Waals surface area contributed by atoms with Crippen LogP contribution in [0.2, 0.25) is 0 Å². The molecule has 0 bridgehead atoms. The van der Waals surface area contributed by atoms with Crippen LogP contribution in [0.15, 0.2) is 12.3 Å². The summed E-state index contributed by atoms with van der Waals surface area (Å²) in [5.74, 6) is -0.389. The molecule has 1 atom stereocenters. The zero-order valence-electron chi connectivity index (χ0n) is 15.7. The predicted octanol–water partition coefficient (Wildman–Crippen LogP) is 1.30. The molecule has 1 N–H and O–H groups in total. The van der Waals surface area contributed by atoms with E-state index in [9.17, 15) is 9.59 Å². The Labute approximate surface area is 152 Å². The van der Waals surface area contributed by atoms with E-state index < -0.39 is 6.04 Å². The first kappa shape index (κ1) is 18.3. The molecule has 140 valence electrons. The van der Waals surface area contributed by atoms with Crippen LogP contribution in [0, 0.1) is 6.92 Å². The van der Waals surface area contributed by atoms with E-state index in [1.165, 1.54) is 0 Å². The first-order valence-electron chi connectivity index (χ1n) is 8.90. The quantitative estimate of drug-likeness (QED) is 0.889. The highest BCUT2D eigenvalue weighted by molar-refractivity contribution is 6.06. The van der Waals surface area contributed by atoms with Crippen molar-refractivity contribution in [2.24, 2.45) is 0 Å². The fourth-order valence-electron chi connectivity index (χ4n) is 3.10. The predicted molar refractivity (Wildman–Crippen MR) is 97.0 cm³/mol. The van der Waals surface area contributed by atoms with Crippen LogP contribution in [-0.4, -0.2) is 63.8 Å². The van der Waals surface area contributed by atoms with Gasteiger partial charge in [-0.1, -0.05) is 0 Å². The van der Waals surface area contributed by atoms with Gasteiger partial charge in [-0.2, -0.15) is 5.10 Å². The van der Waals surface area contributed by atoms with E-state index in [4.69, 9.17) is 4.74 Å². The fraction of sp³-hybridized carbons (Fsp3) is 0.556. The van der Waals surface area contributed by atoms with Crippen LogP contribution in [0.1, 0.15) is 42.9 Å². The molecule has 3 rings (SSSR count). The molecule has 1 saturated heterocycles. The van der Waals surface area contributed by atoms with E-state index in [2.05, 4.69) is 15.4 Å². The van der Waals surface area contributed by atoms with Crippen molar-refractivity contribution in [3.8, 4) is 0 Å². The van der Waals surface area contributed by atoms with Gasteiger partial charge in [-0.15, -0.1) is 0 Å². The molecular weight excluding hydrogens is 334 g/mol. The van der Waals surface area contributed by atoms with Gasteiger partial charge in [0, 0.05) is 24.8 Å². The molecule has 1 unspecified atom stereocenters. The molecule has 3 heterocycles. The average molecular weight is 359 g/mol. The Balaban J connectivity index is 1.82. The summed E-state index contributed by atoms with van der Waals surface area (Å²) in [6.07, 6.45) is 1.66. The number of pyridine rings is 1. The van der Waals surface area contributed by atoms with E-state index in [-0.39, 0.29) is 17.9 Å². The number of hydrogen-bond donors (Lipinski definition) is 1. The molecule has 1 fully saturated rings. The molecule has 2 aromatic rings. The number of amides is 2. The van der Waals surface area contributed by atoms with Crippen LogP contribution in [0.4, 0.5) is 0 Å². The average Bonchev–Trinajstić information content (AvgIpc) is 3.04. The van der Waals surface area contributed by atoms with E-state index in [0.29, 0.717) is 42.9 Å². The number of aryl methyl sites for hydroxylation is 1. The summed E-state index contributed by atoms with van der Waals surface area (Å²) in [6.45, 7) is 9.75. The molecule has 0 aliphatic carbocycles. The number of carbonyl (C=O) groups is 2. The molecule has 2 amide bonds. The molecule has 26 heavy (non-hydrogen) atoms. The SMILES string of the molecule is Cc1cc(C(=O)NC(C)C(=O)N2CCOCC2)c2cnn(C(C)C)c2n1. The van der Waals surface area contributed by atoms with Gasteiger partial charge in [0.05, 0.1) is 30.4 Å². The third-order valence-electron chi connectivity index (χ3n) is 4.47. The highest BCUT2D eigenvalue weighted by atomic mass is 16.5. The number of fused-ring (bicyclic) bond motifs is 1. The lowest BCUT2D eigenvalue weighted by Gasteiger charge is -2.29. The first-order valence-corrected chi connectivity index (χ1v) is 8.90. The van der Waals surface area contributed by atoms with Gasteiger partial charge in [-0.3, -0.25) is 9.59 Å². The third kappa shape index (κ3) is 3.55. The lowest BCUT2D eigenvalue weighted by atomic mass is 10.1. The molecular formula is C18H25N5O3. The third-order valence-corrected chi connectivity index (χ3v) is 4.47. The molecule has 1 aliphatic heterocycles. The van der Waals surface area contributed by atoms with Crippen molar-refractivity contribution < 1.29 is 14.3 Å². The van der Waals surface area contributed by atoms with Gasteiger partial charge in [0.15, 0.2) is 5.65 Å². The summed E-state index contributed by atoms with van der Waals surface area (Å²) in [4.78, 5) is 31.6. The summed E-state index contributed by atoms with van der Waals surface area (Å²) in [5.41, 5.74) is 1.90. The summed E-state index contributed by atoms with van der Waals surface area (Å²) < 4.78 is 7.06. The Morgan fingerprint density at radius 3 is 2.58 bits per heavy atom. The topological polar surface area (TPSA) is 89.4 Å². The number of nitrogens with zero attached hydrogens (tertiary/aromatic N) is 4. The van der Waals surface area contributed by atoms with Gasteiger partial charge >= 0.3 is 0 Å². The van der Waals surface area contributed by atoms with E-state index in [1.54, 1.807) is 28.8 Å². The van der Waals surface area contributed by atoms with E-state index in [1.807, 2.05) is 20.8 Å². The van der Waals surface area contributed by atoms with Crippen LogP contribution in [-0.2, 0) is 9.53 Å². The van der Waals surface area contributed by atoms with Gasteiger partial charge in [0.2, 0.25) is 5.91 Å². The summed E-state index contributed by atoms with van der Waals surface area (Å²) in [6, 6.07) is 1.26. The van der Waals surface area contributed by atoms with Crippen LogP contribution >= 0.6 is 0 Å². The fourth-order valence-corrected chi connectivity index (χ4v) is 3.10. The number of rotatable bonds is 4. The molecule has 1 aliphatic rings. The lowest BCUT2D eigenvalue weighted by molar-refractivity contribution is -0.136. The van der Waals surface area contributed by atoms with Crippen molar-refractivity contribution in [1.29, 1.82) is 0 Å². The Kier molecular flexibility index (Phi) is 5.22. The van der Waals surface area contributed by atoms with Gasteiger partial charge < -0.3 is 15.0 Å². The minimum absolute atomic E-state index is 0.0958. The van der Waals surface area contributed by atoms with Crippen molar-refractivity contribution in [3.05, 3.63) is 23.5 Å². The normalized spacial score (nSPS) is 16.1. The minimum atomic E-state index is -0.607. The molecule has 2 aromatic heterocycles. The Bertz CT molecular complexity index is 824. The molecule has 0 radical (unpaired) electrons. The smallest absolute Gasteiger partial charge is 0.252 e. The van der Waals surface area contributed by atoms with Crippen LogP contribution in [0.25, 0.3) is 11.0 Å².